The van der Waals surface area contributed by atoms with Crippen molar-refractivity contribution < 1.29 is 21.0 Å². The molecule has 0 radical (unpaired) electrons. The summed E-state index contributed by atoms with van der Waals surface area (Å²) in [6.07, 6.45) is 0.631. The summed E-state index contributed by atoms with van der Waals surface area (Å²) in [5.41, 5.74) is 0.762. The van der Waals surface area contributed by atoms with Crippen molar-refractivity contribution >= 4 is 20.0 Å². The molecule has 20 heavy (non-hydrogen) atoms. The smallest absolute Gasteiger partial charge is 0.263 e. The van der Waals surface area contributed by atoms with Crippen molar-refractivity contribution in [3.63, 3.8) is 0 Å². The normalized spacial score (nSPS) is 24.1. The molecule has 2 fully saturated rings. The molecule has 110 valence electrons. The van der Waals surface area contributed by atoms with E-state index < -0.39 is 26.1 Å². The Morgan fingerprint density at radius 3 is 2.20 bits per heavy atom. The highest BCUT2D eigenvalue weighted by molar-refractivity contribution is 7.92. The van der Waals surface area contributed by atoms with Gasteiger partial charge in [0, 0.05) is 5.41 Å². The second kappa shape index (κ2) is 4.29. The van der Waals surface area contributed by atoms with Gasteiger partial charge in [0.25, 0.3) is 10.1 Å². The maximum absolute atomic E-state index is 12.1. The molecule has 1 aliphatic carbocycles. The first-order valence-electron chi connectivity index (χ1n) is 6.40. The van der Waals surface area contributed by atoms with Gasteiger partial charge in [-0.1, -0.05) is 17.7 Å². The highest BCUT2D eigenvalue weighted by atomic mass is 32.2. The first-order chi connectivity index (χ1) is 9.20. The molecular weight excluding hydrogens is 300 g/mol. The first-order valence-corrected chi connectivity index (χ1v) is 9.63. The lowest BCUT2D eigenvalue weighted by atomic mass is 9.69. The molecule has 0 amide bonds. The zero-order valence-electron chi connectivity index (χ0n) is 11.1. The van der Waals surface area contributed by atoms with Crippen LogP contribution in [0.3, 0.4) is 0 Å². The number of hydrogen-bond acceptors (Lipinski definition) is 5. The number of aryl methyl sites for hydroxylation is 1. The molecule has 1 aliphatic heterocycles. The average molecular weight is 316 g/mol. The highest BCUT2D eigenvalue weighted by Gasteiger charge is 2.57. The third kappa shape index (κ3) is 2.49. The van der Waals surface area contributed by atoms with E-state index in [2.05, 4.69) is 0 Å². The van der Waals surface area contributed by atoms with E-state index in [-0.39, 0.29) is 21.8 Å². The minimum atomic E-state index is -3.75. The summed E-state index contributed by atoms with van der Waals surface area (Å²) < 4.78 is 51.6. The Hall–Kier alpha value is -0.920. The first kappa shape index (κ1) is 14.0. The van der Waals surface area contributed by atoms with Crippen molar-refractivity contribution in [1.29, 1.82) is 0 Å². The van der Waals surface area contributed by atoms with Crippen LogP contribution < -0.4 is 0 Å². The second-order valence-electron chi connectivity index (χ2n) is 5.93. The highest BCUT2D eigenvalue weighted by Crippen LogP contribution is 2.51. The lowest BCUT2D eigenvalue weighted by Gasteiger charge is -2.51. The van der Waals surface area contributed by atoms with Crippen LogP contribution >= 0.6 is 0 Å². The maximum atomic E-state index is 12.1. The lowest BCUT2D eigenvalue weighted by molar-refractivity contribution is 0.0101. The number of sulfone groups is 1. The van der Waals surface area contributed by atoms with Crippen LogP contribution in [0.2, 0.25) is 0 Å². The summed E-state index contributed by atoms with van der Waals surface area (Å²) >= 11 is 0. The maximum Gasteiger partial charge on any atom is 0.297 e. The predicted molar refractivity (Wildman–Crippen MR) is 73.6 cm³/mol. The topological polar surface area (TPSA) is 77.5 Å². The van der Waals surface area contributed by atoms with Gasteiger partial charge in [-0.25, -0.2) is 8.42 Å². The third-order valence-corrected chi connectivity index (χ3v) is 7.43. The Kier molecular flexibility index (Phi) is 3.01. The van der Waals surface area contributed by atoms with Crippen molar-refractivity contribution in [2.45, 2.75) is 30.8 Å². The van der Waals surface area contributed by atoms with E-state index in [0.29, 0.717) is 12.8 Å². The number of benzene rings is 1. The summed E-state index contributed by atoms with van der Waals surface area (Å²) in [6, 6.07) is 6.48. The second-order valence-corrected chi connectivity index (χ2v) is 9.56. The van der Waals surface area contributed by atoms with Gasteiger partial charge in [0.2, 0.25) is 0 Å². The molecule has 5 nitrogen and oxygen atoms in total. The summed E-state index contributed by atoms with van der Waals surface area (Å²) in [7, 11) is -6.63. The SMILES string of the molecule is Cc1ccc(S(=O)(=O)OC2CC3(C2)CS(=O)(=O)C3)cc1. The molecule has 0 aromatic heterocycles. The number of rotatable bonds is 3. The van der Waals surface area contributed by atoms with Gasteiger partial charge in [-0.3, -0.25) is 4.18 Å². The molecule has 7 heteroatoms. The molecule has 3 rings (SSSR count). The zero-order chi connectivity index (χ0) is 14.6. The molecule has 1 saturated carbocycles. The van der Waals surface area contributed by atoms with Crippen molar-refractivity contribution in [2.75, 3.05) is 11.5 Å². The summed E-state index contributed by atoms with van der Waals surface area (Å²) in [5.74, 6) is 0.342. The Labute approximate surface area is 119 Å². The van der Waals surface area contributed by atoms with Crippen LogP contribution in [0.5, 0.6) is 0 Å². The van der Waals surface area contributed by atoms with Gasteiger partial charge in [0.15, 0.2) is 9.84 Å². The van der Waals surface area contributed by atoms with Crippen LogP contribution in [-0.2, 0) is 24.1 Å². The average Bonchev–Trinajstić information content (AvgIpc) is 2.24. The van der Waals surface area contributed by atoms with E-state index in [9.17, 15) is 16.8 Å². The lowest BCUT2D eigenvalue weighted by Crippen LogP contribution is -2.59. The van der Waals surface area contributed by atoms with Crippen molar-refractivity contribution in [3.8, 4) is 0 Å². The summed E-state index contributed by atoms with van der Waals surface area (Å²) in [4.78, 5) is 0.144. The largest absolute Gasteiger partial charge is 0.297 e. The third-order valence-electron chi connectivity index (χ3n) is 3.95. The van der Waals surface area contributed by atoms with E-state index in [0.717, 1.165) is 5.56 Å². The molecule has 1 aromatic rings. The monoisotopic (exact) mass is 316 g/mol. The Bertz CT molecular complexity index is 711. The Balaban J connectivity index is 1.63. The quantitative estimate of drug-likeness (QED) is 0.785. The molecule has 0 atom stereocenters. The summed E-state index contributed by atoms with van der Waals surface area (Å²) in [5, 5.41) is 0. The molecule has 0 N–H and O–H groups in total. The van der Waals surface area contributed by atoms with Crippen LogP contribution in [0.4, 0.5) is 0 Å². The van der Waals surface area contributed by atoms with Gasteiger partial charge >= 0.3 is 0 Å². The van der Waals surface area contributed by atoms with Gasteiger partial charge in [-0.2, -0.15) is 8.42 Å². The fourth-order valence-electron chi connectivity index (χ4n) is 3.04. The standard InChI is InChI=1S/C13H16O5S2/c1-10-2-4-12(5-3-10)20(16,17)18-11-6-13(7-11)8-19(14,15)9-13/h2-5,11H,6-9H2,1H3. The van der Waals surface area contributed by atoms with E-state index in [4.69, 9.17) is 4.18 Å². The van der Waals surface area contributed by atoms with Gasteiger partial charge in [0.05, 0.1) is 22.5 Å². The van der Waals surface area contributed by atoms with Crippen LogP contribution in [0.25, 0.3) is 0 Å². The minimum absolute atomic E-state index is 0.144. The van der Waals surface area contributed by atoms with E-state index >= 15 is 0 Å². The fraction of sp³-hybridized carbons (Fsp3) is 0.538. The van der Waals surface area contributed by atoms with Crippen LogP contribution in [0.15, 0.2) is 29.2 Å². The van der Waals surface area contributed by atoms with Crippen LogP contribution in [-0.4, -0.2) is 34.4 Å². The molecule has 1 saturated heterocycles. The molecule has 0 unspecified atom stereocenters. The molecular formula is C13H16O5S2. The predicted octanol–water partition coefficient (Wildman–Crippen LogP) is 1.28. The van der Waals surface area contributed by atoms with Crippen molar-refractivity contribution in [3.05, 3.63) is 29.8 Å². The van der Waals surface area contributed by atoms with E-state index in [1.165, 1.54) is 12.1 Å². The van der Waals surface area contributed by atoms with Gasteiger partial charge in [0.1, 0.15) is 0 Å². The molecule has 1 spiro atoms. The van der Waals surface area contributed by atoms with Crippen molar-refractivity contribution in [1.82, 2.24) is 0 Å². The molecule has 1 heterocycles. The zero-order valence-corrected chi connectivity index (χ0v) is 12.7. The van der Waals surface area contributed by atoms with E-state index in [1.807, 2.05) is 6.92 Å². The van der Waals surface area contributed by atoms with Crippen LogP contribution in [0, 0.1) is 12.3 Å². The minimum Gasteiger partial charge on any atom is -0.263 e. The Morgan fingerprint density at radius 1 is 1.15 bits per heavy atom. The van der Waals surface area contributed by atoms with Gasteiger partial charge < -0.3 is 0 Å². The number of hydrogen-bond donors (Lipinski definition) is 0. The van der Waals surface area contributed by atoms with Gasteiger partial charge in [-0.05, 0) is 31.9 Å². The Morgan fingerprint density at radius 2 is 1.70 bits per heavy atom. The molecule has 0 bridgehead atoms. The molecule has 2 aliphatic rings. The summed E-state index contributed by atoms with van der Waals surface area (Å²) in [6.45, 7) is 1.88. The fourth-order valence-corrected chi connectivity index (χ4v) is 6.37. The van der Waals surface area contributed by atoms with Crippen LogP contribution in [0.1, 0.15) is 18.4 Å². The van der Waals surface area contributed by atoms with Gasteiger partial charge in [-0.15, -0.1) is 0 Å². The van der Waals surface area contributed by atoms with Crippen molar-refractivity contribution in [2.24, 2.45) is 5.41 Å². The molecule has 1 aromatic carbocycles. The van der Waals surface area contributed by atoms with E-state index in [1.54, 1.807) is 12.1 Å².